The number of hydrogen-bond acceptors (Lipinski definition) is 5. The monoisotopic (exact) mass is 330 g/mol. The summed E-state index contributed by atoms with van der Waals surface area (Å²) < 4.78 is 31.0. The largest absolute Gasteiger partial charge is 0.381 e. The topological polar surface area (TPSA) is 85.4 Å². The molecule has 2 heterocycles. The molecule has 21 heavy (non-hydrogen) atoms. The van der Waals surface area contributed by atoms with Gasteiger partial charge in [0.1, 0.15) is 0 Å². The summed E-state index contributed by atoms with van der Waals surface area (Å²) in [7, 11) is -3.97. The lowest BCUT2D eigenvalue weighted by Crippen LogP contribution is -2.29. The Kier molecular flexibility index (Phi) is 5.33. The molecule has 1 aliphatic heterocycles. The van der Waals surface area contributed by atoms with Gasteiger partial charge in [-0.2, -0.15) is 8.42 Å². The number of carbonyl (C=O) groups is 1. The molecule has 1 saturated heterocycles. The molecule has 1 aliphatic rings. The number of ether oxygens (including phenoxy) is 1. The van der Waals surface area contributed by atoms with E-state index in [0.717, 1.165) is 12.8 Å². The van der Waals surface area contributed by atoms with E-state index < -0.39 is 15.9 Å². The molecule has 6 nitrogen and oxygen atoms in total. The Balaban J connectivity index is 1.97. The number of pyridine rings is 1. The van der Waals surface area contributed by atoms with Crippen LogP contribution in [-0.4, -0.2) is 32.5 Å². The van der Waals surface area contributed by atoms with E-state index in [-0.39, 0.29) is 10.9 Å². The van der Waals surface area contributed by atoms with Crippen LogP contribution in [0, 0.1) is 5.92 Å². The molecular weight excluding hydrogens is 316 g/mol. The minimum Gasteiger partial charge on any atom is -0.381 e. The third kappa shape index (κ3) is 4.80. The van der Waals surface area contributed by atoms with Crippen LogP contribution in [0.5, 0.6) is 0 Å². The molecule has 0 spiro atoms. The van der Waals surface area contributed by atoms with Gasteiger partial charge in [-0.05, 0) is 30.9 Å². The van der Waals surface area contributed by atoms with Crippen LogP contribution in [0.3, 0.4) is 0 Å². The number of nitrogens with one attached hydrogen (secondary N) is 1. The first-order valence-electron chi connectivity index (χ1n) is 6.42. The minimum atomic E-state index is -3.97. The smallest absolute Gasteiger partial charge is 0.281 e. The Bertz CT molecular complexity index is 622. The Morgan fingerprint density at radius 3 is 2.71 bits per heavy atom. The summed E-state index contributed by atoms with van der Waals surface area (Å²) >= 11 is 5.64. The molecule has 1 aromatic rings. The van der Waals surface area contributed by atoms with Gasteiger partial charge in [-0.15, -0.1) is 0 Å². The third-order valence-corrected chi connectivity index (χ3v) is 4.48. The van der Waals surface area contributed by atoms with Crippen LogP contribution in [0.25, 0.3) is 0 Å². The van der Waals surface area contributed by atoms with E-state index in [1.807, 2.05) is 4.72 Å². The van der Waals surface area contributed by atoms with Gasteiger partial charge in [-0.3, -0.25) is 4.79 Å². The van der Waals surface area contributed by atoms with Gasteiger partial charge in [-0.1, -0.05) is 17.7 Å². The Labute approximate surface area is 128 Å². The molecule has 1 N–H and O–H groups in total. The number of carbonyl (C=O) groups excluding carboxylic acids is 1. The third-order valence-electron chi connectivity index (χ3n) is 3.00. The lowest BCUT2D eigenvalue weighted by molar-refractivity contribution is -0.114. The number of sulfonamides is 1. The molecule has 0 bridgehead atoms. The number of nitrogens with zero attached hydrogens (tertiary/aromatic N) is 1. The van der Waals surface area contributed by atoms with Crippen molar-refractivity contribution in [2.45, 2.75) is 17.9 Å². The molecule has 0 radical (unpaired) electrons. The number of hydrogen-bond donors (Lipinski definition) is 1. The molecular formula is C13H15ClN2O4S. The molecule has 0 aromatic carbocycles. The molecule has 1 amide bonds. The maximum absolute atomic E-state index is 11.9. The fourth-order valence-electron chi connectivity index (χ4n) is 1.87. The fraction of sp³-hybridized carbons (Fsp3) is 0.385. The van der Waals surface area contributed by atoms with E-state index in [1.165, 1.54) is 24.4 Å². The van der Waals surface area contributed by atoms with Crippen molar-refractivity contribution < 1.29 is 17.9 Å². The van der Waals surface area contributed by atoms with Crippen LogP contribution in [0.4, 0.5) is 0 Å². The van der Waals surface area contributed by atoms with Crippen LogP contribution >= 0.6 is 11.6 Å². The second-order valence-corrected chi connectivity index (χ2v) is 6.66. The maximum atomic E-state index is 11.9. The highest BCUT2D eigenvalue weighted by atomic mass is 35.5. The van der Waals surface area contributed by atoms with Gasteiger partial charge in [0.15, 0.2) is 5.03 Å². The fourth-order valence-corrected chi connectivity index (χ4v) is 2.86. The van der Waals surface area contributed by atoms with Crippen molar-refractivity contribution in [1.29, 1.82) is 0 Å². The average Bonchev–Trinajstić information content (AvgIpc) is 2.46. The highest BCUT2D eigenvalue weighted by molar-refractivity contribution is 7.90. The number of halogens is 1. The van der Waals surface area contributed by atoms with Crippen molar-refractivity contribution in [2.24, 2.45) is 5.92 Å². The first-order valence-corrected chi connectivity index (χ1v) is 8.28. The number of allylic oxidation sites excluding steroid dienone is 1. The molecule has 0 saturated carbocycles. The van der Waals surface area contributed by atoms with Gasteiger partial charge in [0.05, 0.1) is 5.02 Å². The summed E-state index contributed by atoms with van der Waals surface area (Å²) in [5.74, 6) is -0.459. The summed E-state index contributed by atoms with van der Waals surface area (Å²) in [5, 5.41) is 0.0689. The van der Waals surface area contributed by atoms with Crippen LogP contribution in [-0.2, 0) is 19.6 Å². The molecule has 1 aromatic heterocycles. The zero-order valence-electron chi connectivity index (χ0n) is 11.2. The minimum absolute atomic E-state index is 0.237. The van der Waals surface area contributed by atoms with E-state index in [2.05, 4.69) is 4.98 Å². The zero-order chi connectivity index (χ0) is 15.3. The highest BCUT2D eigenvalue weighted by Crippen LogP contribution is 2.15. The molecule has 8 heteroatoms. The predicted octanol–water partition coefficient (Wildman–Crippen LogP) is 1.52. The van der Waals surface area contributed by atoms with Crippen molar-refractivity contribution in [3.63, 3.8) is 0 Å². The summed E-state index contributed by atoms with van der Waals surface area (Å²) in [4.78, 5) is 15.4. The van der Waals surface area contributed by atoms with Crippen LogP contribution in [0.2, 0.25) is 5.02 Å². The average molecular weight is 331 g/mol. The van der Waals surface area contributed by atoms with E-state index >= 15 is 0 Å². The second-order valence-electron chi connectivity index (χ2n) is 4.59. The van der Waals surface area contributed by atoms with Gasteiger partial charge in [0.2, 0.25) is 0 Å². The molecule has 2 rings (SSSR count). The highest BCUT2D eigenvalue weighted by Gasteiger charge is 2.18. The van der Waals surface area contributed by atoms with Crippen molar-refractivity contribution in [3.8, 4) is 0 Å². The van der Waals surface area contributed by atoms with Crippen LogP contribution in [0.1, 0.15) is 12.8 Å². The quantitative estimate of drug-likeness (QED) is 0.846. The van der Waals surface area contributed by atoms with E-state index in [0.29, 0.717) is 18.2 Å². The molecule has 0 unspecified atom stereocenters. The zero-order valence-corrected chi connectivity index (χ0v) is 12.7. The first kappa shape index (κ1) is 15.9. The van der Waals surface area contributed by atoms with E-state index in [1.54, 1.807) is 6.08 Å². The van der Waals surface area contributed by atoms with Crippen molar-refractivity contribution in [3.05, 3.63) is 35.5 Å². The predicted molar refractivity (Wildman–Crippen MR) is 77.3 cm³/mol. The number of rotatable bonds is 4. The van der Waals surface area contributed by atoms with Crippen molar-refractivity contribution in [2.75, 3.05) is 13.2 Å². The van der Waals surface area contributed by atoms with E-state index in [9.17, 15) is 13.2 Å². The van der Waals surface area contributed by atoms with E-state index in [4.69, 9.17) is 16.3 Å². The first-order chi connectivity index (χ1) is 9.97. The summed E-state index contributed by atoms with van der Waals surface area (Å²) in [5.41, 5.74) is 0. The Morgan fingerprint density at radius 2 is 2.10 bits per heavy atom. The standard InChI is InChI=1S/C13H15ClN2O4S/c14-11-2-4-13(15-9-11)21(18,19)16-12(17)3-1-10-5-7-20-8-6-10/h1-4,9-10H,5-8H2,(H,16,17)/b3-1+. The lowest BCUT2D eigenvalue weighted by atomic mass is 10.00. The second kappa shape index (κ2) is 7.02. The summed E-state index contributed by atoms with van der Waals surface area (Å²) in [6, 6.07) is 2.63. The number of amides is 1. The molecule has 114 valence electrons. The Hall–Kier alpha value is -1.44. The van der Waals surface area contributed by atoms with Gasteiger partial charge in [0, 0.05) is 25.5 Å². The molecule has 0 atom stereocenters. The van der Waals surface area contributed by atoms with Crippen LogP contribution in [0.15, 0.2) is 35.5 Å². The molecule has 1 fully saturated rings. The van der Waals surface area contributed by atoms with Crippen LogP contribution < -0.4 is 4.72 Å². The SMILES string of the molecule is O=C(/C=C/C1CCOCC1)NS(=O)(=O)c1ccc(Cl)cn1. The van der Waals surface area contributed by atoms with Crippen molar-refractivity contribution >= 4 is 27.5 Å². The maximum Gasteiger partial charge on any atom is 0.281 e. The number of aromatic nitrogens is 1. The van der Waals surface area contributed by atoms with Crippen molar-refractivity contribution in [1.82, 2.24) is 9.71 Å². The summed E-state index contributed by atoms with van der Waals surface area (Å²) in [6.45, 7) is 1.31. The van der Waals surface area contributed by atoms with Gasteiger partial charge >= 0.3 is 0 Å². The van der Waals surface area contributed by atoms with Gasteiger partial charge < -0.3 is 4.74 Å². The van der Waals surface area contributed by atoms with Gasteiger partial charge in [0.25, 0.3) is 15.9 Å². The summed E-state index contributed by atoms with van der Waals surface area (Å²) in [6.07, 6.45) is 5.81. The Morgan fingerprint density at radius 1 is 1.38 bits per heavy atom. The normalized spacial score (nSPS) is 17.0. The van der Waals surface area contributed by atoms with Gasteiger partial charge in [-0.25, -0.2) is 9.71 Å². The molecule has 0 aliphatic carbocycles. The lowest BCUT2D eigenvalue weighted by Gasteiger charge is -2.18.